The highest BCUT2D eigenvalue weighted by molar-refractivity contribution is 4.88. The van der Waals surface area contributed by atoms with E-state index in [0.717, 1.165) is 19.3 Å². The molecule has 0 heterocycles. The molecule has 0 saturated carbocycles. The van der Waals surface area contributed by atoms with Crippen molar-refractivity contribution in [1.29, 1.82) is 0 Å². The molecule has 0 bridgehead atoms. The van der Waals surface area contributed by atoms with Crippen LogP contribution in [0.4, 0.5) is 0 Å². The molecule has 0 heteroatoms. The first-order valence-electron chi connectivity index (χ1n) is 2.97. The van der Waals surface area contributed by atoms with Crippen molar-refractivity contribution in [2.24, 2.45) is 0 Å². The first-order valence-corrected chi connectivity index (χ1v) is 2.97. The quantitative estimate of drug-likeness (QED) is 0.487. The molecule has 0 aromatic rings. The molecule has 0 spiro atoms. The Morgan fingerprint density at radius 1 is 1.25 bits per heavy atom. The van der Waals surface area contributed by atoms with Crippen molar-refractivity contribution in [2.75, 3.05) is 0 Å². The third kappa shape index (κ3) is 5.48. The van der Waals surface area contributed by atoms with Gasteiger partial charge in [0.2, 0.25) is 0 Å². The topological polar surface area (TPSA) is 0 Å². The summed E-state index contributed by atoms with van der Waals surface area (Å²) in [5.41, 5.74) is 0. The molecule has 0 saturated heterocycles. The van der Waals surface area contributed by atoms with Gasteiger partial charge in [0.15, 0.2) is 0 Å². The minimum Gasteiger partial charge on any atom is -0.103 e. The van der Waals surface area contributed by atoms with Crippen LogP contribution in [-0.4, -0.2) is 0 Å². The van der Waals surface area contributed by atoms with Gasteiger partial charge in [-0.1, -0.05) is 25.2 Å². The second kappa shape index (κ2) is 6.48. The van der Waals surface area contributed by atoms with Crippen molar-refractivity contribution < 1.29 is 0 Å². The van der Waals surface area contributed by atoms with Crippen LogP contribution in [-0.2, 0) is 0 Å². The Balaban J connectivity index is 2.94. The molecular weight excluding hydrogens is 96.1 g/mol. The minimum atomic E-state index is 0.986. The zero-order chi connectivity index (χ0) is 6.24. The largest absolute Gasteiger partial charge is 0.103 e. The van der Waals surface area contributed by atoms with Crippen molar-refractivity contribution in [3.05, 3.63) is 31.7 Å². The second-order valence-electron chi connectivity index (χ2n) is 1.64. The molecule has 0 rings (SSSR count). The summed E-state index contributed by atoms with van der Waals surface area (Å²) in [5.74, 6) is 0. The zero-order valence-electron chi connectivity index (χ0n) is 5.27. The zero-order valence-corrected chi connectivity index (χ0v) is 5.27. The van der Waals surface area contributed by atoms with E-state index in [1.165, 1.54) is 0 Å². The van der Waals surface area contributed by atoms with Gasteiger partial charge in [-0.05, 0) is 19.3 Å². The fourth-order valence-electron chi connectivity index (χ4n) is 0.428. The maximum atomic E-state index is 3.71. The Bertz CT molecular complexity index is 70.1. The van der Waals surface area contributed by atoms with E-state index in [-0.39, 0.29) is 0 Å². The van der Waals surface area contributed by atoms with Crippen LogP contribution < -0.4 is 0 Å². The standard InChI is InChI=1S/C8H13/c1-3-5-7-8-6-4-2/h3,7-8H,1-2,4-6H2/b8-7+. The lowest BCUT2D eigenvalue weighted by Gasteiger charge is -1.80. The maximum Gasteiger partial charge on any atom is -0.0172 e. The van der Waals surface area contributed by atoms with E-state index in [4.69, 9.17) is 0 Å². The van der Waals surface area contributed by atoms with Crippen LogP contribution in [0.2, 0.25) is 0 Å². The van der Waals surface area contributed by atoms with Crippen LogP contribution in [0.3, 0.4) is 0 Å². The van der Waals surface area contributed by atoms with Gasteiger partial charge in [-0.15, -0.1) is 6.58 Å². The Hall–Kier alpha value is -0.520. The Labute approximate surface area is 51.9 Å². The maximum absolute atomic E-state index is 3.71. The van der Waals surface area contributed by atoms with E-state index in [9.17, 15) is 0 Å². The Morgan fingerprint density at radius 3 is 2.50 bits per heavy atom. The molecule has 45 valence electrons. The van der Waals surface area contributed by atoms with E-state index in [2.05, 4.69) is 25.7 Å². The summed E-state index contributed by atoms with van der Waals surface area (Å²) in [6, 6.07) is 0. The molecule has 0 atom stereocenters. The third-order valence-electron chi connectivity index (χ3n) is 0.840. The van der Waals surface area contributed by atoms with E-state index in [0.29, 0.717) is 0 Å². The van der Waals surface area contributed by atoms with Gasteiger partial charge < -0.3 is 0 Å². The van der Waals surface area contributed by atoms with Crippen molar-refractivity contribution in [2.45, 2.75) is 19.3 Å². The molecule has 0 unspecified atom stereocenters. The minimum absolute atomic E-state index is 0.986. The monoisotopic (exact) mass is 109 g/mol. The predicted octanol–water partition coefficient (Wildman–Crippen LogP) is 2.73. The van der Waals surface area contributed by atoms with Gasteiger partial charge >= 0.3 is 0 Å². The highest BCUT2D eigenvalue weighted by Gasteiger charge is 1.69. The van der Waals surface area contributed by atoms with Crippen LogP contribution in [0.25, 0.3) is 0 Å². The van der Waals surface area contributed by atoms with Gasteiger partial charge in [0.25, 0.3) is 0 Å². The molecule has 0 N–H and O–H groups in total. The van der Waals surface area contributed by atoms with Crippen molar-refractivity contribution >= 4 is 0 Å². The highest BCUT2D eigenvalue weighted by Crippen LogP contribution is 1.89. The highest BCUT2D eigenvalue weighted by atomic mass is 13.8. The lowest BCUT2D eigenvalue weighted by Crippen LogP contribution is -1.60. The van der Waals surface area contributed by atoms with E-state index in [1.807, 2.05) is 6.08 Å². The van der Waals surface area contributed by atoms with Crippen LogP contribution in [0, 0.1) is 6.92 Å². The lowest BCUT2D eigenvalue weighted by atomic mass is 10.3. The van der Waals surface area contributed by atoms with Crippen molar-refractivity contribution in [1.82, 2.24) is 0 Å². The van der Waals surface area contributed by atoms with Gasteiger partial charge in [0, 0.05) is 0 Å². The number of unbranched alkanes of at least 4 members (excludes halogenated alkanes) is 1. The Morgan fingerprint density at radius 2 is 2.00 bits per heavy atom. The van der Waals surface area contributed by atoms with Gasteiger partial charge in [0.1, 0.15) is 0 Å². The number of hydrogen-bond donors (Lipinski definition) is 0. The lowest BCUT2D eigenvalue weighted by molar-refractivity contribution is 1.04. The van der Waals surface area contributed by atoms with Crippen molar-refractivity contribution in [3.63, 3.8) is 0 Å². The summed E-state index contributed by atoms with van der Waals surface area (Å²) in [6.45, 7) is 7.30. The van der Waals surface area contributed by atoms with E-state index in [1.54, 1.807) is 0 Å². The fourth-order valence-corrected chi connectivity index (χ4v) is 0.428. The average Bonchev–Trinajstić information content (AvgIpc) is 1.81. The molecule has 0 aliphatic heterocycles. The summed E-state index contributed by atoms with van der Waals surface area (Å²) >= 11 is 0. The third-order valence-corrected chi connectivity index (χ3v) is 0.840. The molecule has 1 radical (unpaired) electrons. The fraction of sp³-hybridized carbons (Fsp3) is 0.375. The van der Waals surface area contributed by atoms with Crippen molar-refractivity contribution in [3.8, 4) is 0 Å². The SMILES string of the molecule is [CH2]CC/C=C/CC=C. The Kier molecular flexibility index (Phi) is 6.06. The average molecular weight is 109 g/mol. The predicted molar refractivity (Wildman–Crippen MR) is 38.5 cm³/mol. The summed E-state index contributed by atoms with van der Waals surface area (Å²) in [7, 11) is 0. The van der Waals surface area contributed by atoms with E-state index < -0.39 is 0 Å². The molecule has 0 aromatic heterocycles. The smallest absolute Gasteiger partial charge is 0.0172 e. The van der Waals surface area contributed by atoms with Crippen LogP contribution in [0.1, 0.15) is 19.3 Å². The first-order chi connectivity index (χ1) is 3.91. The molecule has 0 aliphatic carbocycles. The summed E-state index contributed by atoms with van der Waals surface area (Å²) in [4.78, 5) is 0. The number of rotatable bonds is 4. The van der Waals surface area contributed by atoms with Gasteiger partial charge in [0.05, 0.1) is 0 Å². The molecule has 0 amide bonds. The molecule has 8 heavy (non-hydrogen) atoms. The van der Waals surface area contributed by atoms with Gasteiger partial charge in [-0.2, -0.15) is 0 Å². The van der Waals surface area contributed by atoms with Crippen LogP contribution in [0.15, 0.2) is 24.8 Å². The summed E-state index contributed by atoms with van der Waals surface area (Å²) in [5, 5.41) is 0. The van der Waals surface area contributed by atoms with Gasteiger partial charge in [-0.25, -0.2) is 0 Å². The molecular formula is C8H13. The number of allylic oxidation sites excluding steroid dienone is 3. The summed E-state index contributed by atoms with van der Waals surface area (Å²) in [6.07, 6.45) is 9.20. The number of hydrogen-bond acceptors (Lipinski definition) is 0. The molecule has 0 fully saturated rings. The van der Waals surface area contributed by atoms with E-state index >= 15 is 0 Å². The molecule has 0 aromatic carbocycles. The molecule has 0 nitrogen and oxygen atoms in total. The molecule has 0 aliphatic rings. The van der Waals surface area contributed by atoms with Crippen LogP contribution >= 0.6 is 0 Å². The first kappa shape index (κ1) is 7.48. The van der Waals surface area contributed by atoms with Gasteiger partial charge in [-0.3, -0.25) is 0 Å². The second-order valence-corrected chi connectivity index (χ2v) is 1.64. The summed E-state index contributed by atoms with van der Waals surface area (Å²) < 4.78 is 0. The normalized spacial score (nSPS) is 10.1. The van der Waals surface area contributed by atoms with Crippen LogP contribution in [0.5, 0.6) is 0 Å².